The van der Waals surface area contributed by atoms with Crippen LogP contribution in [0.1, 0.15) is 15.9 Å². The molecule has 0 aliphatic rings. The lowest BCUT2D eigenvalue weighted by atomic mass is 10.2. The molecule has 0 atom stereocenters. The lowest BCUT2D eigenvalue weighted by Crippen LogP contribution is -2.21. The molecule has 4 heteroatoms. The number of aromatic carboxylic acids is 1. The molecule has 0 bridgehead atoms. The third-order valence-corrected chi connectivity index (χ3v) is 2.41. The Bertz CT molecular complexity index is 532. The van der Waals surface area contributed by atoms with E-state index in [9.17, 15) is 14.3 Å². The second-order valence-electron chi connectivity index (χ2n) is 3.73. The maximum atomic E-state index is 12.7. The smallest absolute Gasteiger partial charge is 0.123 e. The Hall–Kier alpha value is -2.36. The van der Waals surface area contributed by atoms with E-state index in [1.54, 1.807) is 24.3 Å². The summed E-state index contributed by atoms with van der Waals surface area (Å²) in [6.45, 7) is 0.297. The monoisotopic (exact) mass is 245 g/mol. The highest BCUT2D eigenvalue weighted by Gasteiger charge is 1.98. The van der Waals surface area contributed by atoms with Crippen molar-refractivity contribution in [3.8, 4) is 5.75 Å². The van der Waals surface area contributed by atoms with E-state index in [-0.39, 0.29) is 11.4 Å². The van der Waals surface area contributed by atoms with E-state index < -0.39 is 5.97 Å². The zero-order valence-corrected chi connectivity index (χ0v) is 9.43. The number of carboxylic acids is 1. The number of rotatable bonds is 4. The predicted molar refractivity (Wildman–Crippen MR) is 61.5 cm³/mol. The highest BCUT2D eigenvalue weighted by atomic mass is 19.1. The summed E-state index contributed by atoms with van der Waals surface area (Å²) in [4.78, 5) is 10.5. The third-order valence-electron chi connectivity index (χ3n) is 2.41. The fraction of sp³-hybridized carbons (Fsp3) is 0.0714. The molecule has 18 heavy (non-hydrogen) atoms. The van der Waals surface area contributed by atoms with Crippen molar-refractivity contribution >= 4 is 5.97 Å². The van der Waals surface area contributed by atoms with Crippen LogP contribution in [0.2, 0.25) is 0 Å². The number of carbonyl (C=O) groups is 1. The first-order valence-electron chi connectivity index (χ1n) is 5.34. The zero-order chi connectivity index (χ0) is 13.0. The van der Waals surface area contributed by atoms with Gasteiger partial charge in [-0.3, -0.25) is 0 Å². The zero-order valence-electron chi connectivity index (χ0n) is 9.43. The van der Waals surface area contributed by atoms with Crippen molar-refractivity contribution in [1.29, 1.82) is 0 Å². The van der Waals surface area contributed by atoms with E-state index in [1.807, 2.05) is 0 Å². The lowest BCUT2D eigenvalue weighted by molar-refractivity contribution is -0.255. The van der Waals surface area contributed by atoms with Gasteiger partial charge in [-0.05, 0) is 47.5 Å². The topological polar surface area (TPSA) is 49.4 Å². The molecule has 2 aromatic carbocycles. The van der Waals surface area contributed by atoms with Crippen molar-refractivity contribution in [3.05, 3.63) is 65.5 Å². The first-order valence-corrected chi connectivity index (χ1v) is 5.34. The number of halogens is 1. The van der Waals surface area contributed by atoms with Crippen LogP contribution in [0, 0.1) is 5.82 Å². The highest BCUT2D eigenvalue weighted by Crippen LogP contribution is 2.14. The summed E-state index contributed by atoms with van der Waals surface area (Å²) in [5, 5.41) is 10.5. The number of hydrogen-bond acceptors (Lipinski definition) is 3. The molecule has 2 rings (SSSR count). The van der Waals surface area contributed by atoms with Gasteiger partial charge in [-0.25, -0.2) is 4.39 Å². The van der Waals surface area contributed by atoms with Crippen molar-refractivity contribution in [2.45, 2.75) is 6.61 Å². The van der Waals surface area contributed by atoms with Gasteiger partial charge >= 0.3 is 0 Å². The molecule has 3 nitrogen and oxygen atoms in total. The van der Waals surface area contributed by atoms with E-state index in [0.717, 1.165) is 5.56 Å². The van der Waals surface area contributed by atoms with E-state index in [0.29, 0.717) is 12.4 Å². The second-order valence-corrected chi connectivity index (χ2v) is 3.73. The largest absolute Gasteiger partial charge is 0.545 e. The summed E-state index contributed by atoms with van der Waals surface area (Å²) in [5.41, 5.74) is 0.935. The Morgan fingerprint density at radius 1 is 1.06 bits per heavy atom. The molecule has 0 spiro atoms. The number of benzene rings is 2. The minimum absolute atomic E-state index is 0.101. The van der Waals surface area contributed by atoms with Gasteiger partial charge in [0.15, 0.2) is 0 Å². The molecule has 2 aromatic rings. The summed E-state index contributed by atoms with van der Waals surface area (Å²) in [7, 11) is 0. The van der Waals surface area contributed by atoms with Gasteiger partial charge in [0.2, 0.25) is 0 Å². The molecule has 0 heterocycles. The summed E-state index contributed by atoms with van der Waals surface area (Å²) in [6.07, 6.45) is 0. The molecule has 0 fully saturated rings. The molecule has 92 valence electrons. The Kier molecular flexibility index (Phi) is 3.57. The maximum absolute atomic E-state index is 12.7. The van der Waals surface area contributed by atoms with Crippen LogP contribution < -0.4 is 9.84 Å². The minimum Gasteiger partial charge on any atom is -0.545 e. The minimum atomic E-state index is -1.22. The number of carbonyl (C=O) groups excluding carboxylic acids is 1. The molecule has 0 aliphatic carbocycles. The summed E-state index contributed by atoms with van der Waals surface area (Å²) < 4.78 is 18.1. The van der Waals surface area contributed by atoms with Gasteiger partial charge in [-0.2, -0.15) is 0 Å². The molecule has 0 saturated heterocycles. The van der Waals surface area contributed by atoms with Crippen molar-refractivity contribution < 1.29 is 19.0 Å². The summed E-state index contributed by atoms with van der Waals surface area (Å²) in [6, 6.07) is 11.9. The van der Waals surface area contributed by atoms with Crippen molar-refractivity contribution in [2.24, 2.45) is 0 Å². The van der Waals surface area contributed by atoms with Crippen LogP contribution >= 0.6 is 0 Å². The first-order chi connectivity index (χ1) is 8.65. The van der Waals surface area contributed by atoms with Crippen LogP contribution in [0.15, 0.2) is 48.5 Å². The van der Waals surface area contributed by atoms with Gasteiger partial charge in [0, 0.05) is 0 Å². The Balaban J connectivity index is 1.97. The van der Waals surface area contributed by atoms with Crippen molar-refractivity contribution in [3.63, 3.8) is 0 Å². The van der Waals surface area contributed by atoms with Crippen LogP contribution in [0.4, 0.5) is 4.39 Å². The molecule has 0 saturated carbocycles. The van der Waals surface area contributed by atoms with Gasteiger partial charge in [0.1, 0.15) is 18.2 Å². The number of carboxylic acid groups (broad SMARTS) is 1. The van der Waals surface area contributed by atoms with Crippen molar-refractivity contribution in [2.75, 3.05) is 0 Å². The molecule has 0 aromatic heterocycles. The molecule has 0 radical (unpaired) electrons. The quantitative estimate of drug-likeness (QED) is 0.824. The van der Waals surface area contributed by atoms with Gasteiger partial charge in [-0.15, -0.1) is 0 Å². The fourth-order valence-electron chi connectivity index (χ4n) is 1.43. The fourth-order valence-corrected chi connectivity index (χ4v) is 1.43. The van der Waals surface area contributed by atoms with Crippen LogP contribution in [0.5, 0.6) is 5.75 Å². The van der Waals surface area contributed by atoms with Crippen LogP contribution in [-0.2, 0) is 6.61 Å². The van der Waals surface area contributed by atoms with E-state index in [4.69, 9.17) is 4.74 Å². The predicted octanol–water partition coefficient (Wildman–Crippen LogP) is 1.77. The van der Waals surface area contributed by atoms with E-state index in [1.165, 1.54) is 24.3 Å². The molecular formula is C14H10FO3-. The summed E-state index contributed by atoms with van der Waals surface area (Å²) in [5.74, 6) is -0.971. The van der Waals surface area contributed by atoms with Gasteiger partial charge < -0.3 is 14.6 Å². The maximum Gasteiger partial charge on any atom is 0.123 e. The Morgan fingerprint density at radius 2 is 1.67 bits per heavy atom. The molecule has 0 unspecified atom stereocenters. The standard InChI is InChI=1S/C14H11FO3/c15-12-5-1-10(2-6-12)9-18-13-7-3-11(4-8-13)14(16)17/h1-8H,9H2,(H,16,17)/p-1. The molecule has 0 N–H and O–H groups in total. The number of hydrogen-bond donors (Lipinski definition) is 0. The lowest BCUT2D eigenvalue weighted by Gasteiger charge is -2.07. The van der Waals surface area contributed by atoms with E-state index >= 15 is 0 Å². The molecule has 0 aliphatic heterocycles. The SMILES string of the molecule is O=C([O-])c1ccc(OCc2ccc(F)cc2)cc1. The van der Waals surface area contributed by atoms with E-state index in [2.05, 4.69) is 0 Å². The molecule has 0 amide bonds. The third kappa shape index (κ3) is 3.07. The number of ether oxygens (including phenoxy) is 1. The Morgan fingerprint density at radius 3 is 2.22 bits per heavy atom. The van der Waals surface area contributed by atoms with Gasteiger partial charge in [-0.1, -0.05) is 12.1 Å². The molecular weight excluding hydrogens is 235 g/mol. The average Bonchev–Trinajstić information content (AvgIpc) is 2.38. The van der Waals surface area contributed by atoms with Gasteiger partial charge in [0.05, 0.1) is 5.97 Å². The van der Waals surface area contributed by atoms with Crippen LogP contribution in [-0.4, -0.2) is 5.97 Å². The van der Waals surface area contributed by atoms with Crippen LogP contribution in [0.25, 0.3) is 0 Å². The normalized spacial score (nSPS) is 10.1. The highest BCUT2D eigenvalue weighted by molar-refractivity contribution is 5.85. The average molecular weight is 245 g/mol. The van der Waals surface area contributed by atoms with Crippen LogP contribution in [0.3, 0.4) is 0 Å². The summed E-state index contributed by atoms with van der Waals surface area (Å²) >= 11 is 0. The Labute approximate surface area is 103 Å². The van der Waals surface area contributed by atoms with Gasteiger partial charge in [0.25, 0.3) is 0 Å². The second kappa shape index (κ2) is 5.31. The van der Waals surface area contributed by atoms with Crippen molar-refractivity contribution in [1.82, 2.24) is 0 Å². The first kappa shape index (κ1) is 12.1.